The Labute approximate surface area is 174 Å². The molecule has 1 aliphatic heterocycles. The summed E-state index contributed by atoms with van der Waals surface area (Å²) in [6, 6.07) is 11.8. The number of aryl methyl sites for hydroxylation is 4. The fourth-order valence-corrected chi connectivity index (χ4v) is 6.08. The number of nitrogens with one attached hydrogen (secondary N) is 1. The number of sulfonamides is 1. The van der Waals surface area contributed by atoms with Crippen molar-refractivity contribution in [3.05, 3.63) is 64.2 Å². The van der Waals surface area contributed by atoms with Gasteiger partial charge < -0.3 is 5.32 Å². The van der Waals surface area contributed by atoms with Crippen LogP contribution in [0.2, 0.25) is 0 Å². The van der Waals surface area contributed by atoms with Crippen LogP contribution >= 0.6 is 0 Å². The van der Waals surface area contributed by atoms with Crippen molar-refractivity contribution >= 4 is 15.9 Å². The number of hydrogen-bond acceptors (Lipinski definition) is 3. The molecule has 0 unspecified atom stereocenters. The van der Waals surface area contributed by atoms with Crippen molar-refractivity contribution in [2.75, 3.05) is 13.1 Å². The van der Waals surface area contributed by atoms with Gasteiger partial charge in [0.1, 0.15) is 0 Å². The highest BCUT2D eigenvalue weighted by Gasteiger charge is 2.33. The van der Waals surface area contributed by atoms with E-state index in [4.69, 9.17) is 0 Å². The van der Waals surface area contributed by atoms with Gasteiger partial charge in [-0.25, -0.2) is 8.42 Å². The normalized spacial score (nSPS) is 16.0. The quantitative estimate of drug-likeness (QED) is 0.812. The molecular formula is C23H30N2O3S. The third-order valence-corrected chi connectivity index (χ3v) is 7.95. The maximum Gasteiger partial charge on any atom is 0.243 e. The summed E-state index contributed by atoms with van der Waals surface area (Å²) < 4.78 is 27.9. The molecule has 1 saturated heterocycles. The van der Waals surface area contributed by atoms with Gasteiger partial charge in [-0.3, -0.25) is 4.79 Å². The van der Waals surface area contributed by atoms with E-state index in [9.17, 15) is 13.2 Å². The van der Waals surface area contributed by atoms with Crippen LogP contribution < -0.4 is 5.32 Å². The Morgan fingerprint density at radius 1 is 1.00 bits per heavy atom. The lowest BCUT2D eigenvalue weighted by Gasteiger charge is -2.31. The van der Waals surface area contributed by atoms with Crippen LogP contribution in [0.1, 0.15) is 40.7 Å². The van der Waals surface area contributed by atoms with Crippen LogP contribution in [-0.2, 0) is 21.4 Å². The second-order valence-corrected chi connectivity index (χ2v) is 9.93. The molecule has 29 heavy (non-hydrogen) atoms. The largest absolute Gasteiger partial charge is 0.352 e. The Morgan fingerprint density at radius 3 is 2.17 bits per heavy atom. The molecular weight excluding hydrogens is 384 g/mol. The predicted octanol–water partition coefficient (Wildman–Crippen LogP) is 3.64. The van der Waals surface area contributed by atoms with Crippen LogP contribution in [0.15, 0.2) is 41.3 Å². The van der Waals surface area contributed by atoms with E-state index >= 15 is 0 Å². The third kappa shape index (κ3) is 4.70. The first kappa shape index (κ1) is 21.5. The van der Waals surface area contributed by atoms with E-state index in [-0.39, 0.29) is 11.8 Å². The number of benzene rings is 2. The predicted molar refractivity (Wildman–Crippen MR) is 115 cm³/mol. The number of carbonyl (C=O) groups excluding carboxylic acids is 1. The van der Waals surface area contributed by atoms with Gasteiger partial charge in [-0.2, -0.15) is 4.31 Å². The Morgan fingerprint density at radius 2 is 1.59 bits per heavy atom. The maximum absolute atomic E-state index is 13.2. The summed E-state index contributed by atoms with van der Waals surface area (Å²) in [5, 5.41) is 3.01. The van der Waals surface area contributed by atoms with Crippen LogP contribution in [0.5, 0.6) is 0 Å². The highest BCUT2D eigenvalue weighted by Crippen LogP contribution is 2.28. The zero-order chi connectivity index (χ0) is 21.2. The van der Waals surface area contributed by atoms with Crippen LogP contribution in [0.25, 0.3) is 0 Å². The van der Waals surface area contributed by atoms with Gasteiger partial charge in [-0.15, -0.1) is 0 Å². The lowest BCUT2D eigenvalue weighted by atomic mass is 9.97. The van der Waals surface area contributed by atoms with Crippen molar-refractivity contribution < 1.29 is 13.2 Å². The van der Waals surface area contributed by atoms with Gasteiger partial charge in [-0.1, -0.05) is 42.0 Å². The maximum atomic E-state index is 13.2. The summed E-state index contributed by atoms with van der Waals surface area (Å²) >= 11 is 0. The van der Waals surface area contributed by atoms with Gasteiger partial charge in [0.15, 0.2) is 0 Å². The number of rotatable bonds is 5. The Balaban J connectivity index is 1.63. The highest BCUT2D eigenvalue weighted by atomic mass is 32.2. The smallest absolute Gasteiger partial charge is 0.243 e. The second kappa shape index (κ2) is 8.67. The van der Waals surface area contributed by atoms with E-state index in [2.05, 4.69) is 5.32 Å². The minimum Gasteiger partial charge on any atom is -0.352 e. The van der Waals surface area contributed by atoms with E-state index in [1.165, 1.54) is 4.31 Å². The molecule has 0 radical (unpaired) electrons. The zero-order valence-corrected chi connectivity index (χ0v) is 18.5. The SMILES string of the molecule is Cc1cc(C)c(S(=O)(=O)N2CCC(C(=O)NCc3ccccc3C)CC2)c(C)c1. The zero-order valence-electron chi connectivity index (χ0n) is 17.7. The summed E-state index contributed by atoms with van der Waals surface area (Å²) in [4.78, 5) is 13.0. The highest BCUT2D eigenvalue weighted by molar-refractivity contribution is 7.89. The molecule has 6 heteroatoms. The summed E-state index contributed by atoms with van der Waals surface area (Å²) in [6.07, 6.45) is 1.09. The molecule has 1 fully saturated rings. The lowest BCUT2D eigenvalue weighted by molar-refractivity contribution is -0.126. The van der Waals surface area contributed by atoms with Gasteiger partial charge in [0.25, 0.3) is 0 Å². The van der Waals surface area contributed by atoms with Crippen LogP contribution in [0.3, 0.4) is 0 Å². The monoisotopic (exact) mass is 414 g/mol. The van der Waals surface area contributed by atoms with Crippen LogP contribution in [0.4, 0.5) is 0 Å². The first-order chi connectivity index (χ1) is 13.7. The summed E-state index contributed by atoms with van der Waals surface area (Å²) in [7, 11) is -3.55. The number of piperidine rings is 1. The van der Waals surface area contributed by atoms with Gasteiger partial charge in [0, 0.05) is 25.6 Å². The molecule has 1 aliphatic rings. The van der Waals surface area contributed by atoms with E-state index < -0.39 is 10.0 Å². The summed E-state index contributed by atoms with van der Waals surface area (Å²) in [6.45, 7) is 8.94. The summed E-state index contributed by atoms with van der Waals surface area (Å²) in [5.74, 6) is -0.140. The average Bonchev–Trinajstić information content (AvgIpc) is 2.66. The van der Waals surface area contributed by atoms with E-state index in [0.717, 1.165) is 27.8 Å². The van der Waals surface area contributed by atoms with Gasteiger partial charge in [-0.05, 0) is 62.8 Å². The second-order valence-electron chi connectivity index (χ2n) is 8.05. The van der Waals surface area contributed by atoms with E-state index in [1.54, 1.807) is 0 Å². The van der Waals surface area contributed by atoms with Crippen molar-refractivity contribution in [2.45, 2.75) is 52.0 Å². The molecule has 0 saturated carbocycles. The van der Waals surface area contributed by atoms with Crippen molar-refractivity contribution in [1.82, 2.24) is 9.62 Å². The Bertz CT molecular complexity index is 984. The fraction of sp³-hybridized carbons (Fsp3) is 0.435. The Hall–Kier alpha value is -2.18. The third-order valence-electron chi connectivity index (χ3n) is 5.74. The van der Waals surface area contributed by atoms with Gasteiger partial charge in [0.05, 0.1) is 4.90 Å². The molecule has 0 aromatic heterocycles. The molecule has 0 aliphatic carbocycles. The molecule has 5 nitrogen and oxygen atoms in total. The summed E-state index contributed by atoms with van der Waals surface area (Å²) in [5.41, 5.74) is 4.87. The van der Waals surface area contributed by atoms with Crippen molar-refractivity contribution in [3.8, 4) is 0 Å². The van der Waals surface area contributed by atoms with Crippen molar-refractivity contribution in [3.63, 3.8) is 0 Å². The van der Waals surface area contributed by atoms with Gasteiger partial charge in [0.2, 0.25) is 15.9 Å². The number of carbonyl (C=O) groups is 1. The Kier molecular flexibility index (Phi) is 6.44. The number of hydrogen-bond donors (Lipinski definition) is 1. The first-order valence-corrected chi connectivity index (χ1v) is 11.5. The van der Waals surface area contributed by atoms with Crippen molar-refractivity contribution in [1.29, 1.82) is 0 Å². The average molecular weight is 415 g/mol. The molecule has 0 spiro atoms. The molecule has 1 N–H and O–H groups in total. The first-order valence-electron chi connectivity index (χ1n) is 10.1. The molecule has 1 amide bonds. The minimum atomic E-state index is -3.55. The number of amides is 1. The van der Waals surface area contributed by atoms with Crippen LogP contribution in [-0.4, -0.2) is 31.7 Å². The fourth-order valence-electron chi connectivity index (χ4n) is 4.20. The van der Waals surface area contributed by atoms with E-state index in [1.807, 2.05) is 64.1 Å². The van der Waals surface area contributed by atoms with E-state index in [0.29, 0.717) is 37.4 Å². The molecule has 0 atom stereocenters. The molecule has 2 aromatic rings. The lowest BCUT2D eigenvalue weighted by Crippen LogP contribution is -2.43. The van der Waals surface area contributed by atoms with Crippen molar-refractivity contribution in [2.24, 2.45) is 5.92 Å². The molecule has 3 rings (SSSR count). The molecule has 0 bridgehead atoms. The van der Waals surface area contributed by atoms with Crippen LogP contribution in [0, 0.1) is 33.6 Å². The molecule has 2 aromatic carbocycles. The molecule has 156 valence electrons. The topological polar surface area (TPSA) is 66.5 Å². The van der Waals surface area contributed by atoms with Gasteiger partial charge >= 0.3 is 0 Å². The standard InChI is InChI=1S/C23H30N2O3S/c1-16-13-18(3)22(19(4)14-16)29(27,28)25-11-9-20(10-12-25)23(26)24-15-21-8-6-5-7-17(21)2/h5-8,13-14,20H,9-12,15H2,1-4H3,(H,24,26). The number of nitrogens with zero attached hydrogens (tertiary/aromatic N) is 1. The molecule has 1 heterocycles. The minimum absolute atomic E-state index is 0.00741.